The van der Waals surface area contributed by atoms with Gasteiger partial charge < -0.3 is 68.5 Å². The molecule has 11 rings (SSSR count). The molecule has 2 aliphatic rings. The van der Waals surface area contributed by atoms with Crippen LogP contribution in [-0.4, -0.2) is 201 Å². The normalized spacial score (nSPS) is 13.1. The Kier molecular flexibility index (Phi) is 34.8. The minimum atomic E-state index is -2.97. The summed E-state index contributed by atoms with van der Waals surface area (Å²) in [7, 11) is 0. The monoisotopic (exact) mass is 1810 g/mol. The number of alkyl halides is 4. The average Bonchev–Trinajstić information content (AvgIpc) is 1.64. The lowest BCUT2D eigenvalue weighted by molar-refractivity contribution is -0.138. The van der Waals surface area contributed by atoms with Crippen LogP contribution in [0.2, 0.25) is 15.1 Å². The number of carboxylic acid groups (broad SMARTS) is 1. The number of carbonyl (C=O) groups excluding carboxylic acids is 11. The summed E-state index contributed by atoms with van der Waals surface area (Å²) in [5.41, 5.74) is 26.0. The van der Waals surface area contributed by atoms with Gasteiger partial charge in [-0.05, 0) is 144 Å². The number of carbonyl (C=O) groups is 12. The standard InChI is InChI=1S/C28H31ClF3N7O4.C23H22ClFN8O4.C23H23ClFN5O5.C5H9F2N.ClH/c1-16(2)38(13-22(40)34-12-17-5-3-6-20(29)24(17)30)23(41)14-39-21-8-7-18(11-19(21)25(36-39)26(33)42)35-27(43)37-10-4-9-28(31,32)15-37;1-12(2)32(10-18(34)28-9-14-4-3-5-16(24)20(14)25)19(35)11-33-17-7-6-13(23(37)29-31-27)8-15(17)21(30-33)22(26)36;1-12(2)29(10-18(31)27-9-14-4-3-5-16(24)20(14)25)19(32)11-30-17-7-6-13(23(34)35)8-15(17)21(28-30)22(26)33;6-5(7)2-1-3-8-4-5;/h3,5-8,11,16H,4,9-10,12-15H2,1-2H3,(H2,33,42)(H,34,40)(H,35,43);3-8,12H,9-11H2,1-2H3,(H2,26,36)(H,28,34);3-8,12H,9-11H2,1-2H3,(H2,26,33)(H,27,31)(H,34,35);8H,1-4H2;1H. The molecule has 45 heteroatoms. The lowest BCUT2D eigenvalue weighted by Crippen LogP contribution is -2.47. The van der Waals surface area contributed by atoms with Crippen LogP contribution in [0, 0.1) is 17.5 Å². The van der Waals surface area contributed by atoms with Crippen LogP contribution in [0.5, 0.6) is 0 Å². The highest BCUT2D eigenvalue weighted by Crippen LogP contribution is 2.31. The third-order valence-corrected chi connectivity index (χ3v) is 19.8. The summed E-state index contributed by atoms with van der Waals surface area (Å²) in [6.07, 6.45) is 0.541. The predicted octanol–water partition coefficient (Wildman–Crippen LogP) is 10.3. The van der Waals surface area contributed by atoms with Gasteiger partial charge in [0.15, 0.2) is 17.1 Å². The lowest BCUT2D eigenvalue weighted by atomic mass is 10.1. The van der Waals surface area contributed by atoms with Gasteiger partial charge in [-0.25, -0.2) is 40.3 Å². The first kappa shape index (κ1) is 98.4. The van der Waals surface area contributed by atoms with Gasteiger partial charge in [-0.3, -0.25) is 62.0 Å². The molecule has 0 bridgehead atoms. The maximum atomic E-state index is 14.2. The van der Waals surface area contributed by atoms with E-state index in [4.69, 9.17) is 57.5 Å². The van der Waals surface area contributed by atoms with Crippen LogP contribution in [0.25, 0.3) is 43.2 Å². The number of azide groups is 1. The number of urea groups is 1. The zero-order chi connectivity index (χ0) is 90.6. The van der Waals surface area contributed by atoms with Crippen molar-refractivity contribution in [2.75, 3.05) is 51.1 Å². The Labute approximate surface area is 723 Å². The second-order valence-electron chi connectivity index (χ2n) is 28.9. The van der Waals surface area contributed by atoms with Crippen LogP contribution in [0.3, 0.4) is 0 Å². The Hall–Kier alpha value is -12.7. The Morgan fingerprint density at radius 2 is 0.903 bits per heavy atom. The molecule has 3 aromatic heterocycles. The van der Waals surface area contributed by atoms with Crippen LogP contribution in [0.1, 0.15) is 136 Å². The first-order chi connectivity index (χ1) is 58.0. The van der Waals surface area contributed by atoms with Crippen molar-refractivity contribution in [3.05, 3.63) is 197 Å². The molecule has 6 aromatic carbocycles. The minimum absolute atomic E-state index is 0. The van der Waals surface area contributed by atoms with Crippen molar-refractivity contribution in [2.24, 2.45) is 22.3 Å². The quantitative estimate of drug-likeness (QED) is 0.00999. The number of fused-ring (bicyclic) bond motifs is 3. The van der Waals surface area contributed by atoms with E-state index in [1.54, 1.807) is 59.7 Å². The SMILES string of the molecule is CC(C)N(CC(=O)NCc1cccc(Cl)c1F)C(=O)Cn1nc(C(N)=O)c2cc(C(=O)N=[N+]=[N-])ccc21.CC(C)N(CC(=O)NCc1cccc(Cl)c1F)C(=O)Cn1nc(C(N)=O)c2cc(C(=O)O)ccc21.CC(C)N(CC(=O)NCc1cccc(Cl)c1F)C(=O)Cn1nc(C(N)=O)c2cc(NC(=O)N3CCCC(F)(F)C3)ccc21.Cl.FC1(F)CCCNC1. The smallest absolute Gasteiger partial charge is 0.335 e. The van der Waals surface area contributed by atoms with E-state index in [-0.39, 0.29) is 198 Å². The molecule has 0 atom stereocenters. The first-order valence-electron chi connectivity index (χ1n) is 37.7. The second-order valence-corrected chi connectivity index (χ2v) is 30.1. The number of hydrogen-bond acceptors (Lipinski definition) is 16. The molecule has 0 saturated carbocycles. The van der Waals surface area contributed by atoms with E-state index < -0.39 is 113 Å². The van der Waals surface area contributed by atoms with Crippen molar-refractivity contribution in [3.8, 4) is 0 Å². The molecule has 0 spiro atoms. The van der Waals surface area contributed by atoms with Gasteiger partial charge in [-0.1, -0.05) is 71.2 Å². The van der Waals surface area contributed by atoms with Gasteiger partial charge in [0.25, 0.3) is 29.6 Å². The molecule has 12 amide bonds. The Balaban J connectivity index is 0.000000244. The van der Waals surface area contributed by atoms with Crippen LogP contribution in [0.15, 0.2) is 114 Å². The van der Waals surface area contributed by atoms with Gasteiger partial charge in [0.1, 0.15) is 37.1 Å². The number of halogens is 11. The average molecular weight is 1810 g/mol. The van der Waals surface area contributed by atoms with Crippen molar-refractivity contribution < 1.29 is 93.4 Å². The number of aromatic nitrogens is 6. The zero-order valence-electron chi connectivity index (χ0n) is 67.2. The summed E-state index contributed by atoms with van der Waals surface area (Å²) < 4.78 is 97.8. The number of benzene rings is 6. The number of aromatic carboxylic acids is 1. The van der Waals surface area contributed by atoms with Gasteiger partial charge in [-0.15, -0.1) is 12.4 Å². The summed E-state index contributed by atoms with van der Waals surface area (Å²) in [5.74, 6) is -15.1. The molecule has 0 radical (unpaired) electrons. The summed E-state index contributed by atoms with van der Waals surface area (Å²) in [5, 5.41) is 37.9. The summed E-state index contributed by atoms with van der Waals surface area (Å²) in [6.45, 7) is 8.06. The van der Waals surface area contributed by atoms with E-state index in [1.807, 2.05) is 0 Å². The topological polar surface area (TPSA) is 478 Å². The number of piperidine rings is 2. The second kappa shape index (κ2) is 43.9. The summed E-state index contributed by atoms with van der Waals surface area (Å²) in [4.78, 5) is 156. The molecular formula is C79H86Cl4F7N21O13. The highest BCUT2D eigenvalue weighted by Gasteiger charge is 2.38. The summed E-state index contributed by atoms with van der Waals surface area (Å²) in [6, 6.07) is 23.9. The molecule has 34 nitrogen and oxygen atoms in total. The van der Waals surface area contributed by atoms with Crippen LogP contribution in [-0.2, 0) is 68.0 Å². The third kappa shape index (κ3) is 26.4. The molecule has 2 saturated heterocycles. The predicted molar refractivity (Wildman–Crippen MR) is 445 cm³/mol. The number of nitrogens with two attached hydrogens (primary N) is 3. The number of amides is 12. The first-order valence-corrected chi connectivity index (χ1v) is 38.9. The number of nitrogens with one attached hydrogen (secondary N) is 5. The van der Waals surface area contributed by atoms with E-state index in [2.05, 4.69) is 51.9 Å². The van der Waals surface area contributed by atoms with Gasteiger partial charge in [-0.2, -0.15) is 15.3 Å². The molecule has 124 heavy (non-hydrogen) atoms. The Bertz CT molecular complexity index is 5590. The van der Waals surface area contributed by atoms with E-state index >= 15 is 0 Å². The van der Waals surface area contributed by atoms with Crippen LogP contribution in [0.4, 0.5) is 41.2 Å². The Morgan fingerprint density at radius 1 is 0.540 bits per heavy atom. The molecule has 0 unspecified atom stereocenters. The number of carboxylic acids is 1. The molecule has 9 aromatic rings. The highest BCUT2D eigenvalue weighted by atomic mass is 35.5. The van der Waals surface area contributed by atoms with E-state index in [0.717, 1.165) is 11.4 Å². The number of anilines is 1. The van der Waals surface area contributed by atoms with Gasteiger partial charge in [0.2, 0.25) is 41.4 Å². The number of primary amides is 3. The number of nitrogens with zero attached hydrogens (tertiary/aromatic N) is 13. The lowest BCUT2D eigenvalue weighted by Gasteiger charge is -2.32. The van der Waals surface area contributed by atoms with Crippen molar-refractivity contribution in [1.29, 1.82) is 0 Å². The fraction of sp³-hybridized carbons (Fsp3) is 0.354. The number of hydrogen-bond donors (Lipinski definition) is 9. The fourth-order valence-electron chi connectivity index (χ4n) is 12.7. The van der Waals surface area contributed by atoms with E-state index in [0.29, 0.717) is 23.0 Å². The summed E-state index contributed by atoms with van der Waals surface area (Å²) >= 11 is 17.3. The number of likely N-dealkylation sites (tertiary alicyclic amines) is 1. The molecule has 5 heterocycles. The van der Waals surface area contributed by atoms with E-state index in [9.17, 15) is 93.4 Å². The molecule has 12 N–H and O–H groups in total. The maximum Gasteiger partial charge on any atom is 0.335 e. The maximum absolute atomic E-state index is 14.2. The molecule has 0 aliphatic carbocycles. The van der Waals surface area contributed by atoms with Crippen molar-refractivity contribution in [2.45, 2.75) is 136 Å². The van der Waals surface area contributed by atoms with Crippen molar-refractivity contribution in [1.82, 2.24) is 70.2 Å². The molecule has 662 valence electrons. The molecule has 2 fully saturated rings. The molecular weight excluding hydrogens is 1730 g/mol. The fourth-order valence-corrected chi connectivity index (χ4v) is 13.2. The number of rotatable bonds is 27. The Morgan fingerprint density at radius 3 is 1.23 bits per heavy atom. The largest absolute Gasteiger partial charge is 0.478 e. The van der Waals surface area contributed by atoms with Crippen LogP contribution >= 0.6 is 47.2 Å². The minimum Gasteiger partial charge on any atom is -0.478 e. The van der Waals surface area contributed by atoms with Crippen LogP contribution < -0.4 is 43.8 Å². The molecule has 2 aliphatic heterocycles. The highest BCUT2D eigenvalue weighted by molar-refractivity contribution is 6.31. The van der Waals surface area contributed by atoms with Crippen molar-refractivity contribution >= 4 is 157 Å². The zero-order valence-corrected chi connectivity index (χ0v) is 70.3. The third-order valence-electron chi connectivity index (χ3n) is 18.9. The van der Waals surface area contributed by atoms with Gasteiger partial charge in [0, 0.05) is 106 Å². The van der Waals surface area contributed by atoms with E-state index in [1.165, 1.54) is 120 Å². The van der Waals surface area contributed by atoms with Crippen molar-refractivity contribution in [3.63, 3.8) is 0 Å². The van der Waals surface area contributed by atoms with Gasteiger partial charge in [0.05, 0.1) is 69.9 Å². The van der Waals surface area contributed by atoms with Gasteiger partial charge >= 0.3 is 12.0 Å².